The van der Waals surface area contributed by atoms with Gasteiger partial charge < -0.3 is 15.0 Å². The van der Waals surface area contributed by atoms with Gasteiger partial charge in [-0.15, -0.1) is 11.3 Å². The second-order valence-electron chi connectivity index (χ2n) is 7.00. The molecule has 3 N–H and O–H groups in total. The normalized spacial score (nSPS) is 11.2. The largest absolute Gasteiger partial charge is 0.492 e. The van der Waals surface area contributed by atoms with E-state index in [-0.39, 0.29) is 0 Å². The van der Waals surface area contributed by atoms with Gasteiger partial charge in [-0.25, -0.2) is 14.8 Å². The molecule has 0 aliphatic heterocycles. The fraction of sp³-hybridized carbons (Fsp3) is 0.182. The Kier molecular flexibility index (Phi) is 5.42. The van der Waals surface area contributed by atoms with E-state index >= 15 is 0 Å². The number of aromatic amines is 2. The summed E-state index contributed by atoms with van der Waals surface area (Å²) in [6, 6.07) is 12.1. The lowest BCUT2D eigenvalue weighted by atomic mass is 10.1. The maximum atomic E-state index is 11.4. The Morgan fingerprint density at radius 1 is 1.22 bits per heavy atom. The van der Waals surface area contributed by atoms with Crippen LogP contribution in [0.2, 0.25) is 0 Å². The quantitative estimate of drug-likeness (QED) is 0.327. The van der Waals surface area contributed by atoms with Crippen LogP contribution in [0.15, 0.2) is 58.2 Å². The molecule has 0 aliphatic rings. The van der Waals surface area contributed by atoms with Gasteiger partial charge in [0.2, 0.25) is 0 Å². The number of ether oxygens (including phenoxy) is 1. The van der Waals surface area contributed by atoms with Crippen LogP contribution in [-0.2, 0) is 6.42 Å². The van der Waals surface area contributed by atoms with Crippen LogP contribution >= 0.6 is 11.3 Å². The van der Waals surface area contributed by atoms with Gasteiger partial charge in [0.25, 0.3) is 0 Å². The maximum Gasteiger partial charge on any atom is 0.439 e. The topological polar surface area (TPSA) is 122 Å². The summed E-state index contributed by atoms with van der Waals surface area (Å²) < 4.78 is 10.4. The highest BCUT2D eigenvalue weighted by molar-refractivity contribution is 7.19. The van der Waals surface area contributed by atoms with E-state index in [2.05, 4.69) is 59.2 Å². The van der Waals surface area contributed by atoms with Crippen molar-refractivity contribution in [1.82, 2.24) is 25.1 Å². The van der Waals surface area contributed by atoms with Crippen molar-refractivity contribution in [3.05, 3.63) is 65.0 Å². The van der Waals surface area contributed by atoms with Crippen molar-refractivity contribution in [2.24, 2.45) is 0 Å². The van der Waals surface area contributed by atoms with Gasteiger partial charge in [0.05, 0.1) is 17.2 Å². The zero-order chi connectivity index (χ0) is 21.9. The van der Waals surface area contributed by atoms with Crippen molar-refractivity contribution >= 4 is 28.1 Å². The molecule has 162 valence electrons. The van der Waals surface area contributed by atoms with Crippen molar-refractivity contribution < 1.29 is 9.26 Å². The van der Waals surface area contributed by atoms with Gasteiger partial charge in [-0.05, 0) is 30.4 Å². The number of nitrogens with one attached hydrogen (secondary N) is 3. The summed E-state index contributed by atoms with van der Waals surface area (Å²) in [5.41, 5.74) is 3.16. The minimum absolute atomic E-state index is 0.334. The van der Waals surface area contributed by atoms with E-state index in [0.29, 0.717) is 23.1 Å². The summed E-state index contributed by atoms with van der Waals surface area (Å²) in [6.45, 7) is 3.11. The Hall–Kier alpha value is -3.92. The highest BCUT2D eigenvalue weighted by Gasteiger charge is 2.18. The third-order valence-electron chi connectivity index (χ3n) is 4.95. The standard InChI is InChI=1S/C22H20N6O3S/c1-2-30-16-11-17(32-20(16)21-27-22(29)31-28-21)15-10-18(26-12-25-15)23-8-6-13-4-3-5-14-7-9-24-19(13)14/h3-5,7,9-12,24H,2,6,8H2,1H3,(H,23,25,26)(H,27,28,29). The molecule has 32 heavy (non-hydrogen) atoms. The molecular weight excluding hydrogens is 428 g/mol. The van der Waals surface area contributed by atoms with Crippen molar-refractivity contribution in [1.29, 1.82) is 0 Å². The number of hydrogen-bond acceptors (Lipinski definition) is 8. The lowest BCUT2D eigenvalue weighted by Gasteiger charge is -2.07. The molecule has 0 unspecified atom stereocenters. The first-order valence-corrected chi connectivity index (χ1v) is 11.0. The molecule has 4 aromatic heterocycles. The van der Waals surface area contributed by atoms with Gasteiger partial charge in [-0.1, -0.05) is 23.4 Å². The Morgan fingerprint density at radius 2 is 2.16 bits per heavy atom. The maximum absolute atomic E-state index is 11.4. The Morgan fingerprint density at radius 3 is 3.00 bits per heavy atom. The minimum Gasteiger partial charge on any atom is -0.492 e. The van der Waals surface area contributed by atoms with Crippen LogP contribution in [0.4, 0.5) is 5.82 Å². The number of fused-ring (bicyclic) bond motifs is 1. The SMILES string of the molecule is CCOc1cc(-c2cc(NCCc3cccc4cc[nH]c34)ncn2)sc1-c1noc(=O)[nH]1. The lowest BCUT2D eigenvalue weighted by Crippen LogP contribution is -2.07. The predicted octanol–water partition coefficient (Wildman–Crippen LogP) is 4.08. The van der Waals surface area contributed by atoms with E-state index in [1.54, 1.807) is 0 Å². The summed E-state index contributed by atoms with van der Waals surface area (Å²) in [4.78, 5) is 27.5. The van der Waals surface area contributed by atoms with Crippen LogP contribution in [0.1, 0.15) is 12.5 Å². The van der Waals surface area contributed by atoms with Crippen LogP contribution in [0.5, 0.6) is 5.75 Å². The van der Waals surface area contributed by atoms with Crippen LogP contribution in [0.3, 0.4) is 0 Å². The first-order valence-electron chi connectivity index (χ1n) is 10.2. The number of nitrogens with zero attached hydrogens (tertiary/aromatic N) is 3. The molecule has 0 aliphatic carbocycles. The van der Waals surface area contributed by atoms with E-state index in [9.17, 15) is 4.79 Å². The number of H-pyrrole nitrogens is 2. The summed E-state index contributed by atoms with van der Waals surface area (Å²) in [5.74, 6) is 1.07. The summed E-state index contributed by atoms with van der Waals surface area (Å²) in [5, 5.41) is 8.36. The molecule has 0 amide bonds. The first-order chi connectivity index (χ1) is 15.7. The smallest absolute Gasteiger partial charge is 0.439 e. The van der Waals surface area contributed by atoms with Gasteiger partial charge in [0, 0.05) is 30.4 Å². The fourth-order valence-electron chi connectivity index (χ4n) is 3.53. The molecule has 4 heterocycles. The highest BCUT2D eigenvalue weighted by Crippen LogP contribution is 2.41. The van der Waals surface area contributed by atoms with Gasteiger partial charge >= 0.3 is 5.76 Å². The molecule has 0 saturated carbocycles. The van der Waals surface area contributed by atoms with Gasteiger partial charge in [-0.3, -0.25) is 9.51 Å². The zero-order valence-electron chi connectivity index (χ0n) is 17.2. The van der Waals surface area contributed by atoms with Crippen molar-refractivity contribution in [2.75, 3.05) is 18.5 Å². The molecule has 1 aromatic carbocycles. The number of anilines is 1. The van der Waals surface area contributed by atoms with Gasteiger partial charge in [0.15, 0.2) is 5.82 Å². The Labute approximate surface area is 186 Å². The average Bonchev–Trinajstić information content (AvgIpc) is 3.54. The predicted molar refractivity (Wildman–Crippen MR) is 123 cm³/mol. The molecule has 0 fully saturated rings. The number of benzene rings is 1. The van der Waals surface area contributed by atoms with E-state index in [1.165, 1.54) is 28.6 Å². The molecule has 10 heteroatoms. The molecule has 9 nitrogen and oxygen atoms in total. The van der Waals surface area contributed by atoms with Crippen LogP contribution in [0.25, 0.3) is 32.2 Å². The summed E-state index contributed by atoms with van der Waals surface area (Å²) in [7, 11) is 0. The number of thiophene rings is 1. The molecule has 5 rings (SSSR count). The van der Waals surface area contributed by atoms with E-state index in [0.717, 1.165) is 34.9 Å². The molecule has 0 radical (unpaired) electrons. The number of rotatable bonds is 8. The fourth-order valence-corrected chi connectivity index (χ4v) is 4.53. The number of aromatic nitrogens is 5. The molecule has 0 saturated heterocycles. The van der Waals surface area contributed by atoms with Gasteiger partial charge in [0.1, 0.15) is 22.8 Å². The number of hydrogen-bond donors (Lipinski definition) is 3. The van der Waals surface area contributed by atoms with Crippen LogP contribution < -0.4 is 15.8 Å². The molecule has 0 atom stereocenters. The first kappa shape index (κ1) is 20.0. The Balaban J connectivity index is 1.34. The monoisotopic (exact) mass is 448 g/mol. The van der Waals surface area contributed by atoms with E-state index in [4.69, 9.17) is 4.74 Å². The van der Waals surface area contributed by atoms with Gasteiger partial charge in [-0.2, -0.15) is 0 Å². The average molecular weight is 449 g/mol. The second-order valence-corrected chi connectivity index (χ2v) is 8.06. The third kappa shape index (κ3) is 4.00. The molecular formula is C22H20N6O3S. The molecule has 5 aromatic rings. The molecule has 0 bridgehead atoms. The third-order valence-corrected chi connectivity index (χ3v) is 6.09. The van der Waals surface area contributed by atoms with Crippen molar-refractivity contribution in [3.63, 3.8) is 0 Å². The zero-order valence-corrected chi connectivity index (χ0v) is 18.0. The molecule has 0 spiro atoms. The van der Waals surface area contributed by atoms with Crippen LogP contribution in [-0.4, -0.2) is 38.2 Å². The summed E-state index contributed by atoms with van der Waals surface area (Å²) >= 11 is 1.41. The minimum atomic E-state index is -0.610. The van der Waals surface area contributed by atoms with Crippen LogP contribution in [0, 0.1) is 0 Å². The highest BCUT2D eigenvalue weighted by atomic mass is 32.1. The van der Waals surface area contributed by atoms with E-state index in [1.807, 2.05) is 25.3 Å². The van der Waals surface area contributed by atoms with Crippen molar-refractivity contribution in [3.8, 4) is 27.0 Å². The number of para-hydroxylation sites is 1. The summed E-state index contributed by atoms with van der Waals surface area (Å²) in [6.07, 6.45) is 4.34. The van der Waals surface area contributed by atoms with Crippen molar-refractivity contribution in [2.45, 2.75) is 13.3 Å². The van der Waals surface area contributed by atoms with E-state index < -0.39 is 5.76 Å². The Bertz CT molecular complexity index is 1420. The lowest BCUT2D eigenvalue weighted by molar-refractivity contribution is 0.342. The second kappa shape index (κ2) is 8.67.